The zero-order valence-electron chi connectivity index (χ0n) is 12.2. The normalized spacial score (nSPS) is 12.0. The first-order valence-corrected chi connectivity index (χ1v) is 7.48. The quantitative estimate of drug-likeness (QED) is 0.784. The number of hydrogen-bond donors (Lipinski definition) is 0. The Kier molecular flexibility index (Phi) is 4.78. The molecule has 110 valence electrons. The van der Waals surface area contributed by atoms with Crippen LogP contribution in [0.2, 0.25) is 0 Å². The molecule has 1 atom stereocenters. The highest BCUT2D eigenvalue weighted by atomic mass is 79.9. The van der Waals surface area contributed by atoms with E-state index in [1.165, 1.54) is 23.8 Å². The molecule has 0 fully saturated rings. The first kappa shape index (κ1) is 15.7. The van der Waals surface area contributed by atoms with Gasteiger partial charge in [-0.05, 0) is 53.5 Å². The molecule has 0 bridgehead atoms. The first-order chi connectivity index (χ1) is 9.90. The van der Waals surface area contributed by atoms with E-state index < -0.39 is 0 Å². The maximum absolute atomic E-state index is 13.1. The highest BCUT2D eigenvalue weighted by molar-refractivity contribution is 9.10. The number of rotatable bonds is 3. The lowest BCUT2D eigenvalue weighted by Crippen LogP contribution is -2.30. The Morgan fingerprint density at radius 3 is 2.38 bits per heavy atom. The summed E-state index contributed by atoms with van der Waals surface area (Å²) in [4.78, 5) is 14.2. The number of aryl methyl sites for hydroxylation is 1. The lowest BCUT2D eigenvalue weighted by molar-refractivity contribution is 0.0741. The van der Waals surface area contributed by atoms with Gasteiger partial charge in [0.05, 0.1) is 11.6 Å². The Labute approximate surface area is 132 Å². The fraction of sp³-hybridized carbons (Fsp3) is 0.235. The van der Waals surface area contributed by atoms with Gasteiger partial charge >= 0.3 is 0 Å². The van der Waals surface area contributed by atoms with E-state index in [9.17, 15) is 9.18 Å². The van der Waals surface area contributed by atoms with Crippen LogP contribution >= 0.6 is 15.9 Å². The molecule has 0 radical (unpaired) electrons. The van der Waals surface area contributed by atoms with Crippen LogP contribution in [0, 0.1) is 12.7 Å². The number of amides is 1. The summed E-state index contributed by atoms with van der Waals surface area (Å²) in [6.07, 6.45) is 0. The highest BCUT2D eigenvalue weighted by Gasteiger charge is 2.20. The van der Waals surface area contributed by atoms with Gasteiger partial charge in [-0.15, -0.1) is 0 Å². The Morgan fingerprint density at radius 1 is 1.19 bits per heavy atom. The highest BCUT2D eigenvalue weighted by Crippen LogP contribution is 2.24. The second kappa shape index (κ2) is 6.39. The van der Waals surface area contributed by atoms with Crippen LogP contribution in [-0.2, 0) is 0 Å². The number of hydrogen-bond acceptors (Lipinski definition) is 1. The van der Waals surface area contributed by atoms with Gasteiger partial charge in [0.1, 0.15) is 5.82 Å². The first-order valence-electron chi connectivity index (χ1n) is 6.69. The van der Waals surface area contributed by atoms with Crippen LogP contribution in [0.3, 0.4) is 0 Å². The average molecular weight is 350 g/mol. The van der Waals surface area contributed by atoms with Gasteiger partial charge in [-0.3, -0.25) is 4.79 Å². The fourth-order valence-electron chi connectivity index (χ4n) is 2.10. The minimum Gasteiger partial charge on any atom is -0.335 e. The molecule has 1 unspecified atom stereocenters. The average Bonchev–Trinajstić information content (AvgIpc) is 2.46. The summed E-state index contributed by atoms with van der Waals surface area (Å²) in [5.74, 6) is -0.511. The molecule has 2 aromatic rings. The molecule has 1 amide bonds. The maximum atomic E-state index is 13.1. The van der Waals surface area contributed by atoms with Crippen LogP contribution < -0.4 is 0 Å². The predicted molar refractivity (Wildman–Crippen MR) is 85.8 cm³/mol. The molecule has 0 heterocycles. The number of halogens is 2. The van der Waals surface area contributed by atoms with E-state index in [0.29, 0.717) is 10.0 Å². The molecule has 0 aliphatic heterocycles. The zero-order valence-corrected chi connectivity index (χ0v) is 13.8. The van der Waals surface area contributed by atoms with Crippen molar-refractivity contribution in [2.75, 3.05) is 7.05 Å². The molecule has 2 aromatic carbocycles. The Bertz CT molecular complexity index is 654. The van der Waals surface area contributed by atoms with Crippen molar-refractivity contribution in [1.29, 1.82) is 0 Å². The van der Waals surface area contributed by atoms with Crippen molar-refractivity contribution in [1.82, 2.24) is 4.90 Å². The van der Waals surface area contributed by atoms with Crippen LogP contribution in [0.1, 0.15) is 34.5 Å². The second-order valence-electron chi connectivity index (χ2n) is 5.13. The molecule has 0 aliphatic rings. The summed E-state index contributed by atoms with van der Waals surface area (Å²) in [6.45, 7) is 4.00. The summed E-state index contributed by atoms with van der Waals surface area (Å²) in [5, 5.41) is 0. The van der Waals surface area contributed by atoms with E-state index in [1.54, 1.807) is 11.9 Å². The SMILES string of the molecule is Cc1ccc(C(C)N(C)C(=O)c2ccc(F)cc2Br)cc1. The van der Waals surface area contributed by atoms with Crippen molar-refractivity contribution < 1.29 is 9.18 Å². The number of nitrogens with zero attached hydrogens (tertiary/aromatic N) is 1. The molecule has 0 aromatic heterocycles. The molecule has 21 heavy (non-hydrogen) atoms. The third kappa shape index (κ3) is 3.50. The summed E-state index contributed by atoms with van der Waals surface area (Å²) < 4.78 is 13.6. The summed E-state index contributed by atoms with van der Waals surface area (Å²) in [6, 6.07) is 12.1. The van der Waals surface area contributed by atoms with Crippen molar-refractivity contribution >= 4 is 21.8 Å². The van der Waals surface area contributed by atoms with Crippen LogP contribution in [0.5, 0.6) is 0 Å². The van der Waals surface area contributed by atoms with E-state index in [0.717, 1.165) is 5.56 Å². The molecule has 2 nitrogen and oxygen atoms in total. The minimum absolute atomic E-state index is 0.0601. The molecule has 0 aliphatic carbocycles. The van der Waals surface area contributed by atoms with Crippen molar-refractivity contribution in [3.05, 3.63) is 69.4 Å². The summed E-state index contributed by atoms with van der Waals surface area (Å²) in [5.41, 5.74) is 2.70. The third-order valence-corrected chi connectivity index (χ3v) is 4.28. The van der Waals surface area contributed by atoms with Gasteiger partial charge in [0.25, 0.3) is 5.91 Å². The van der Waals surface area contributed by atoms with Crippen LogP contribution in [0.4, 0.5) is 4.39 Å². The predicted octanol–water partition coefficient (Wildman–Crippen LogP) is 4.73. The van der Waals surface area contributed by atoms with Crippen molar-refractivity contribution in [3.63, 3.8) is 0 Å². The second-order valence-corrected chi connectivity index (χ2v) is 5.98. The molecule has 0 saturated carbocycles. The topological polar surface area (TPSA) is 20.3 Å². The third-order valence-electron chi connectivity index (χ3n) is 3.62. The van der Waals surface area contributed by atoms with Crippen LogP contribution in [0.25, 0.3) is 0 Å². The lowest BCUT2D eigenvalue weighted by Gasteiger charge is -2.26. The standard InChI is InChI=1S/C17H17BrFNO/c1-11-4-6-13(7-5-11)12(2)20(3)17(21)15-9-8-14(19)10-16(15)18/h4-10,12H,1-3H3. The smallest absolute Gasteiger partial charge is 0.255 e. The zero-order chi connectivity index (χ0) is 15.6. The molecular weight excluding hydrogens is 333 g/mol. The van der Waals surface area contributed by atoms with Crippen molar-refractivity contribution in [3.8, 4) is 0 Å². The monoisotopic (exact) mass is 349 g/mol. The summed E-state index contributed by atoms with van der Waals surface area (Å²) in [7, 11) is 1.75. The number of carbonyl (C=O) groups excluding carboxylic acids is 1. The molecular formula is C17H17BrFNO. The van der Waals surface area contributed by atoms with Gasteiger partial charge in [-0.25, -0.2) is 4.39 Å². The Morgan fingerprint density at radius 2 is 1.81 bits per heavy atom. The molecule has 4 heteroatoms. The van der Waals surface area contributed by atoms with Crippen molar-refractivity contribution in [2.45, 2.75) is 19.9 Å². The minimum atomic E-state index is -0.368. The van der Waals surface area contributed by atoms with Crippen molar-refractivity contribution in [2.24, 2.45) is 0 Å². The van der Waals surface area contributed by atoms with Crippen LogP contribution in [-0.4, -0.2) is 17.9 Å². The van der Waals surface area contributed by atoms with Crippen LogP contribution in [0.15, 0.2) is 46.9 Å². The largest absolute Gasteiger partial charge is 0.335 e. The van der Waals surface area contributed by atoms with E-state index >= 15 is 0 Å². The van der Waals surface area contributed by atoms with Gasteiger partial charge in [0, 0.05) is 11.5 Å². The van der Waals surface area contributed by atoms with E-state index in [2.05, 4.69) is 15.9 Å². The number of benzene rings is 2. The van der Waals surface area contributed by atoms with Gasteiger partial charge in [0.2, 0.25) is 0 Å². The van der Waals surface area contributed by atoms with Gasteiger partial charge in [-0.1, -0.05) is 29.8 Å². The Balaban J connectivity index is 2.24. The Hall–Kier alpha value is -1.68. The van der Waals surface area contributed by atoms with E-state index in [-0.39, 0.29) is 17.8 Å². The van der Waals surface area contributed by atoms with E-state index in [4.69, 9.17) is 0 Å². The van der Waals surface area contributed by atoms with Gasteiger partial charge in [0.15, 0.2) is 0 Å². The molecule has 0 saturated heterocycles. The molecule has 2 rings (SSSR count). The fourth-order valence-corrected chi connectivity index (χ4v) is 2.62. The lowest BCUT2D eigenvalue weighted by atomic mass is 10.0. The maximum Gasteiger partial charge on any atom is 0.255 e. The summed E-state index contributed by atoms with van der Waals surface area (Å²) >= 11 is 3.24. The van der Waals surface area contributed by atoms with Gasteiger partial charge < -0.3 is 4.90 Å². The number of carbonyl (C=O) groups is 1. The molecule has 0 N–H and O–H groups in total. The molecule has 0 spiro atoms. The van der Waals surface area contributed by atoms with Gasteiger partial charge in [-0.2, -0.15) is 0 Å². The van der Waals surface area contributed by atoms with E-state index in [1.807, 2.05) is 38.1 Å².